The average Bonchev–Trinajstić information content (AvgIpc) is 2.70. The van der Waals surface area contributed by atoms with Gasteiger partial charge < -0.3 is 19.9 Å². The number of fused-ring (bicyclic) bond motifs is 1. The fourth-order valence-electron chi connectivity index (χ4n) is 4.01. The van der Waals surface area contributed by atoms with Crippen LogP contribution in [0.1, 0.15) is 54.4 Å². The number of aromatic nitrogens is 1. The smallest absolute Gasteiger partial charge is 0.334 e. The van der Waals surface area contributed by atoms with Crippen LogP contribution in [-0.4, -0.2) is 29.3 Å². The van der Waals surface area contributed by atoms with Gasteiger partial charge in [0.2, 0.25) is 5.88 Å². The Bertz CT molecular complexity index is 1100. The summed E-state index contributed by atoms with van der Waals surface area (Å²) in [6.45, 7) is 3.68. The Morgan fingerprint density at radius 3 is 2.70 bits per heavy atom. The van der Waals surface area contributed by atoms with E-state index in [0.29, 0.717) is 34.0 Å². The summed E-state index contributed by atoms with van der Waals surface area (Å²) in [5.74, 6) is -0.785. The van der Waals surface area contributed by atoms with Gasteiger partial charge in [0.05, 0.1) is 41.5 Å². The molecule has 7 heteroatoms. The summed E-state index contributed by atoms with van der Waals surface area (Å²) in [5.41, 5.74) is 4.24. The van der Waals surface area contributed by atoms with Crippen molar-refractivity contribution in [3.05, 3.63) is 57.9 Å². The molecule has 2 aromatic rings. The lowest BCUT2D eigenvalue weighted by Crippen LogP contribution is -2.29. The quantitative estimate of drug-likeness (QED) is 0.771. The lowest BCUT2D eigenvalue weighted by atomic mass is 9.79. The number of ether oxygens (including phenoxy) is 2. The van der Waals surface area contributed by atoms with Crippen LogP contribution in [0.15, 0.2) is 35.7 Å². The number of anilines is 1. The fraction of sp³-hybridized carbons (Fsp3) is 0.348. The van der Waals surface area contributed by atoms with Gasteiger partial charge in [-0.3, -0.25) is 0 Å². The summed E-state index contributed by atoms with van der Waals surface area (Å²) in [7, 11) is 1.51. The van der Waals surface area contributed by atoms with Gasteiger partial charge in [0, 0.05) is 17.5 Å². The lowest BCUT2D eigenvalue weighted by molar-refractivity contribution is -0.133. The van der Waals surface area contributed by atoms with E-state index < -0.39 is 11.9 Å². The van der Waals surface area contributed by atoms with Crippen LogP contribution in [0.5, 0.6) is 11.6 Å². The fourth-order valence-corrected chi connectivity index (χ4v) is 4.01. The highest BCUT2D eigenvalue weighted by molar-refractivity contribution is 5.94. The summed E-state index contributed by atoms with van der Waals surface area (Å²) < 4.78 is 11.7. The van der Waals surface area contributed by atoms with Gasteiger partial charge in [0.25, 0.3) is 0 Å². The molecule has 0 radical (unpaired) electrons. The Hall–Kier alpha value is -3.53. The van der Waals surface area contributed by atoms with Crippen LogP contribution >= 0.6 is 0 Å². The van der Waals surface area contributed by atoms with Crippen molar-refractivity contribution in [2.75, 3.05) is 12.4 Å². The van der Waals surface area contributed by atoms with Crippen LogP contribution in [-0.2, 0) is 4.79 Å². The molecule has 0 bridgehead atoms. The Morgan fingerprint density at radius 2 is 2.10 bits per heavy atom. The summed E-state index contributed by atoms with van der Waals surface area (Å²) in [6, 6.07) is 7.15. The number of benzene rings is 1. The van der Waals surface area contributed by atoms with E-state index in [2.05, 4.69) is 16.4 Å². The standard InChI is InChI=1S/C23H23N3O4/c1-12-11-25-22(30-15-5-4-6-15)20-19(18(23(27)28)13(2)26-21(12)20)16-8-7-14(10-24)9-17(16)29-3/h7-9,11,15,19,26H,4-6H2,1-3H3,(H,27,28). The molecule has 0 spiro atoms. The van der Waals surface area contributed by atoms with Crippen molar-refractivity contribution in [1.29, 1.82) is 5.26 Å². The number of pyridine rings is 1. The number of aryl methyl sites for hydroxylation is 1. The van der Waals surface area contributed by atoms with E-state index in [1.165, 1.54) is 7.11 Å². The van der Waals surface area contributed by atoms with Gasteiger partial charge in [0.15, 0.2) is 0 Å². The van der Waals surface area contributed by atoms with E-state index in [1.807, 2.05) is 6.92 Å². The molecular formula is C23H23N3O4. The molecule has 1 aliphatic heterocycles. The maximum absolute atomic E-state index is 12.3. The number of methoxy groups -OCH3 is 1. The average molecular weight is 405 g/mol. The lowest BCUT2D eigenvalue weighted by Gasteiger charge is -2.34. The van der Waals surface area contributed by atoms with Crippen LogP contribution in [0.4, 0.5) is 5.69 Å². The molecule has 154 valence electrons. The SMILES string of the molecule is COc1cc(C#N)ccc1C1C(C(=O)O)=C(C)Nc2c(C)cnc(OC3CCC3)c21. The highest BCUT2D eigenvalue weighted by Gasteiger charge is 2.38. The van der Waals surface area contributed by atoms with Crippen molar-refractivity contribution in [3.8, 4) is 17.7 Å². The molecule has 0 amide bonds. The number of carboxylic acid groups (broad SMARTS) is 1. The minimum Gasteiger partial charge on any atom is -0.496 e. The van der Waals surface area contributed by atoms with Gasteiger partial charge in [-0.1, -0.05) is 6.07 Å². The Labute approximate surface area is 175 Å². The van der Waals surface area contributed by atoms with Crippen molar-refractivity contribution in [2.45, 2.75) is 45.1 Å². The molecule has 1 atom stereocenters. The van der Waals surface area contributed by atoms with Gasteiger partial charge in [-0.15, -0.1) is 0 Å². The Morgan fingerprint density at radius 1 is 1.33 bits per heavy atom. The van der Waals surface area contributed by atoms with Crippen LogP contribution in [0.25, 0.3) is 0 Å². The highest BCUT2D eigenvalue weighted by atomic mass is 16.5. The number of carboxylic acids is 1. The molecule has 1 aromatic carbocycles. The van der Waals surface area contributed by atoms with Gasteiger partial charge in [0.1, 0.15) is 11.9 Å². The maximum Gasteiger partial charge on any atom is 0.334 e. The molecule has 1 aliphatic carbocycles. The summed E-state index contributed by atoms with van der Waals surface area (Å²) in [5, 5.41) is 22.6. The van der Waals surface area contributed by atoms with Crippen molar-refractivity contribution in [2.24, 2.45) is 0 Å². The minimum absolute atomic E-state index is 0.0908. The topological polar surface area (TPSA) is 104 Å². The second kappa shape index (κ2) is 7.71. The monoisotopic (exact) mass is 405 g/mol. The summed E-state index contributed by atoms with van der Waals surface area (Å²) in [6.07, 6.45) is 4.87. The summed E-state index contributed by atoms with van der Waals surface area (Å²) in [4.78, 5) is 16.8. The molecule has 1 unspecified atom stereocenters. The van der Waals surface area contributed by atoms with E-state index in [4.69, 9.17) is 9.47 Å². The van der Waals surface area contributed by atoms with E-state index in [1.54, 1.807) is 31.3 Å². The van der Waals surface area contributed by atoms with Gasteiger partial charge in [-0.2, -0.15) is 5.26 Å². The largest absolute Gasteiger partial charge is 0.496 e. The van der Waals surface area contributed by atoms with Crippen LogP contribution in [0.3, 0.4) is 0 Å². The molecule has 2 aliphatic rings. The molecular weight excluding hydrogens is 382 g/mol. The molecule has 2 heterocycles. The van der Waals surface area contributed by atoms with E-state index >= 15 is 0 Å². The Kier molecular flexibility index (Phi) is 5.08. The number of nitrogens with zero attached hydrogens (tertiary/aromatic N) is 2. The first-order valence-corrected chi connectivity index (χ1v) is 9.89. The zero-order chi connectivity index (χ0) is 21.4. The van der Waals surface area contributed by atoms with Crippen LogP contribution in [0, 0.1) is 18.3 Å². The van der Waals surface area contributed by atoms with Crippen molar-refractivity contribution >= 4 is 11.7 Å². The van der Waals surface area contributed by atoms with E-state index in [0.717, 1.165) is 30.5 Å². The number of carbonyl (C=O) groups is 1. The van der Waals surface area contributed by atoms with Gasteiger partial charge in [-0.25, -0.2) is 9.78 Å². The van der Waals surface area contributed by atoms with Gasteiger partial charge >= 0.3 is 5.97 Å². The second-order valence-electron chi connectivity index (χ2n) is 7.68. The number of hydrogen-bond donors (Lipinski definition) is 2. The van der Waals surface area contributed by atoms with Crippen LogP contribution < -0.4 is 14.8 Å². The zero-order valence-electron chi connectivity index (χ0n) is 17.2. The Balaban J connectivity index is 1.97. The molecule has 7 nitrogen and oxygen atoms in total. The van der Waals surface area contributed by atoms with E-state index in [-0.39, 0.29) is 11.7 Å². The van der Waals surface area contributed by atoms with Crippen LogP contribution in [0.2, 0.25) is 0 Å². The first kappa shape index (κ1) is 19.8. The number of nitriles is 1. The van der Waals surface area contributed by atoms with Crippen molar-refractivity contribution in [3.63, 3.8) is 0 Å². The number of aliphatic carboxylic acids is 1. The molecule has 4 rings (SSSR count). The first-order chi connectivity index (χ1) is 14.4. The first-order valence-electron chi connectivity index (χ1n) is 9.89. The van der Waals surface area contributed by atoms with Gasteiger partial charge in [-0.05, 0) is 50.8 Å². The molecule has 0 saturated heterocycles. The maximum atomic E-state index is 12.3. The predicted molar refractivity (Wildman–Crippen MR) is 111 cm³/mol. The molecule has 2 N–H and O–H groups in total. The third-order valence-electron chi connectivity index (χ3n) is 5.80. The minimum atomic E-state index is -1.03. The van der Waals surface area contributed by atoms with E-state index in [9.17, 15) is 15.2 Å². The van der Waals surface area contributed by atoms with Crippen molar-refractivity contribution in [1.82, 2.24) is 4.98 Å². The number of rotatable bonds is 5. The summed E-state index contributed by atoms with van der Waals surface area (Å²) >= 11 is 0. The van der Waals surface area contributed by atoms with Crippen molar-refractivity contribution < 1.29 is 19.4 Å². The molecule has 1 saturated carbocycles. The zero-order valence-corrected chi connectivity index (χ0v) is 17.2. The molecule has 30 heavy (non-hydrogen) atoms. The third kappa shape index (κ3) is 3.24. The third-order valence-corrected chi connectivity index (χ3v) is 5.80. The molecule has 1 aromatic heterocycles. The molecule has 1 fully saturated rings. The number of hydrogen-bond acceptors (Lipinski definition) is 6. The number of nitrogens with one attached hydrogen (secondary N) is 1. The highest BCUT2D eigenvalue weighted by Crippen LogP contribution is 2.49. The normalized spacial score (nSPS) is 18.0. The number of allylic oxidation sites excluding steroid dienone is 1. The second-order valence-corrected chi connectivity index (χ2v) is 7.68. The predicted octanol–water partition coefficient (Wildman–Crippen LogP) is 4.12.